The third kappa shape index (κ3) is 3.01. The van der Waals surface area contributed by atoms with Gasteiger partial charge in [-0.25, -0.2) is 4.98 Å². The lowest BCUT2D eigenvalue weighted by molar-refractivity contribution is -0.384. The van der Waals surface area contributed by atoms with Crippen LogP contribution in [0.4, 0.5) is 5.69 Å². The predicted molar refractivity (Wildman–Crippen MR) is 117 cm³/mol. The van der Waals surface area contributed by atoms with Crippen molar-refractivity contribution in [3.05, 3.63) is 107 Å². The fourth-order valence-electron chi connectivity index (χ4n) is 3.73. The van der Waals surface area contributed by atoms with E-state index in [1.165, 1.54) is 17.5 Å². The van der Waals surface area contributed by atoms with Crippen LogP contribution in [0.25, 0.3) is 44.1 Å². The van der Waals surface area contributed by atoms with Gasteiger partial charge in [0.1, 0.15) is 0 Å². The molecule has 4 nitrogen and oxygen atoms in total. The highest BCUT2D eigenvalue weighted by Crippen LogP contribution is 2.36. The predicted octanol–water partition coefficient (Wildman–Crippen LogP) is 6.63. The highest BCUT2D eigenvalue weighted by atomic mass is 16.6. The number of nitro groups is 1. The highest BCUT2D eigenvalue weighted by Gasteiger charge is 2.14. The van der Waals surface area contributed by atoms with Gasteiger partial charge in [0, 0.05) is 28.6 Å². The first-order valence-corrected chi connectivity index (χ1v) is 9.33. The molecule has 0 aliphatic heterocycles. The Balaban J connectivity index is 1.82. The Morgan fingerprint density at radius 1 is 0.690 bits per heavy atom. The third-order valence-corrected chi connectivity index (χ3v) is 5.16. The van der Waals surface area contributed by atoms with Crippen molar-refractivity contribution in [2.24, 2.45) is 0 Å². The monoisotopic (exact) mass is 376 g/mol. The van der Waals surface area contributed by atoms with Crippen molar-refractivity contribution >= 4 is 27.4 Å². The summed E-state index contributed by atoms with van der Waals surface area (Å²) < 4.78 is 0. The molecule has 0 unspecified atom stereocenters. The third-order valence-electron chi connectivity index (χ3n) is 5.16. The lowest BCUT2D eigenvalue weighted by Gasteiger charge is -2.13. The second-order valence-electron chi connectivity index (χ2n) is 6.91. The van der Waals surface area contributed by atoms with Crippen LogP contribution < -0.4 is 0 Å². The normalized spacial score (nSPS) is 11.0. The molecule has 1 aromatic heterocycles. The van der Waals surface area contributed by atoms with Gasteiger partial charge in [0.15, 0.2) is 0 Å². The molecule has 0 fully saturated rings. The SMILES string of the molecule is O=[N+]([O-])c1ccc(-c2nc3ccc4ccccc4c3cc2-c2ccccc2)cc1. The minimum Gasteiger partial charge on any atom is -0.258 e. The van der Waals surface area contributed by atoms with Crippen LogP contribution in [0.1, 0.15) is 0 Å². The van der Waals surface area contributed by atoms with E-state index in [4.69, 9.17) is 4.98 Å². The van der Waals surface area contributed by atoms with E-state index < -0.39 is 0 Å². The van der Waals surface area contributed by atoms with E-state index >= 15 is 0 Å². The van der Waals surface area contributed by atoms with Crippen LogP contribution >= 0.6 is 0 Å². The van der Waals surface area contributed by atoms with Gasteiger partial charge in [-0.2, -0.15) is 0 Å². The zero-order valence-electron chi connectivity index (χ0n) is 15.4. The Hall–Kier alpha value is -4.05. The van der Waals surface area contributed by atoms with E-state index in [0.29, 0.717) is 0 Å². The quantitative estimate of drug-likeness (QED) is 0.202. The van der Waals surface area contributed by atoms with Crippen LogP contribution in [0.3, 0.4) is 0 Å². The molecule has 4 heteroatoms. The fourth-order valence-corrected chi connectivity index (χ4v) is 3.73. The number of benzene rings is 4. The van der Waals surface area contributed by atoms with Gasteiger partial charge >= 0.3 is 0 Å². The number of non-ortho nitro benzene ring substituents is 1. The van der Waals surface area contributed by atoms with Gasteiger partial charge in [-0.05, 0) is 40.6 Å². The van der Waals surface area contributed by atoms with Crippen molar-refractivity contribution in [2.45, 2.75) is 0 Å². The summed E-state index contributed by atoms with van der Waals surface area (Å²) in [6.07, 6.45) is 0. The number of nitro benzene ring substituents is 1. The van der Waals surface area contributed by atoms with Gasteiger partial charge in [0.2, 0.25) is 0 Å². The van der Waals surface area contributed by atoms with E-state index in [9.17, 15) is 10.1 Å². The Morgan fingerprint density at radius 2 is 1.41 bits per heavy atom. The largest absolute Gasteiger partial charge is 0.269 e. The minimum atomic E-state index is -0.387. The molecule has 0 bridgehead atoms. The Labute approximate surface area is 167 Å². The number of rotatable bonds is 3. The van der Waals surface area contributed by atoms with E-state index in [-0.39, 0.29) is 10.6 Å². The molecule has 4 aromatic carbocycles. The zero-order chi connectivity index (χ0) is 19.8. The average Bonchev–Trinajstić information content (AvgIpc) is 2.78. The summed E-state index contributed by atoms with van der Waals surface area (Å²) in [5.41, 5.74) is 4.70. The molecule has 29 heavy (non-hydrogen) atoms. The Kier molecular flexibility index (Phi) is 4.03. The van der Waals surface area contributed by atoms with E-state index in [0.717, 1.165) is 38.7 Å². The summed E-state index contributed by atoms with van der Waals surface area (Å²) >= 11 is 0. The zero-order valence-corrected chi connectivity index (χ0v) is 15.4. The maximum atomic E-state index is 11.0. The van der Waals surface area contributed by atoms with Gasteiger partial charge in [0.05, 0.1) is 16.1 Å². The number of hydrogen-bond donors (Lipinski definition) is 0. The van der Waals surface area contributed by atoms with E-state index in [2.05, 4.69) is 36.4 Å². The van der Waals surface area contributed by atoms with E-state index in [1.807, 2.05) is 36.4 Å². The van der Waals surface area contributed by atoms with Gasteiger partial charge in [0.25, 0.3) is 5.69 Å². The van der Waals surface area contributed by atoms with Crippen LogP contribution in [-0.2, 0) is 0 Å². The van der Waals surface area contributed by atoms with Crippen LogP contribution in [-0.4, -0.2) is 9.91 Å². The molecule has 0 spiro atoms. The van der Waals surface area contributed by atoms with Crippen molar-refractivity contribution in [3.8, 4) is 22.4 Å². The highest BCUT2D eigenvalue weighted by molar-refractivity contribution is 6.08. The number of hydrogen-bond acceptors (Lipinski definition) is 3. The molecule has 0 amide bonds. The molecule has 0 saturated heterocycles. The Morgan fingerprint density at radius 3 is 2.17 bits per heavy atom. The topological polar surface area (TPSA) is 56.0 Å². The number of fused-ring (bicyclic) bond motifs is 3. The Bertz CT molecular complexity index is 1360. The second-order valence-corrected chi connectivity index (χ2v) is 6.91. The van der Waals surface area contributed by atoms with Crippen molar-refractivity contribution in [2.75, 3.05) is 0 Å². The maximum absolute atomic E-state index is 11.0. The molecule has 0 aliphatic carbocycles. The van der Waals surface area contributed by atoms with Crippen LogP contribution in [0.15, 0.2) is 97.1 Å². The number of aromatic nitrogens is 1. The smallest absolute Gasteiger partial charge is 0.258 e. The lowest BCUT2D eigenvalue weighted by Crippen LogP contribution is -1.93. The number of nitrogens with zero attached hydrogens (tertiary/aromatic N) is 2. The molecule has 5 rings (SSSR count). The minimum absolute atomic E-state index is 0.0711. The van der Waals surface area contributed by atoms with Crippen LogP contribution in [0.5, 0.6) is 0 Å². The lowest BCUT2D eigenvalue weighted by atomic mass is 9.95. The molecule has 5 aromatic rings. The summed E-state index contributed by atoms with van der Waals surface area (Å²) in [7, 11) is 0. The van der Waals surface area contributed by atoms with Gasteiger partial charge < -0.3 is 0 Å². The summed E-state index contributed by atoms with van der Waals surface area (Å²) in [6, 6.07) is 31.2. The molecule has 1 heterocycles. The van der Waals surface area contributed by atoms with Crippen LogP contribution in [0, 0.1) is 10.1 Å². The summed E-state index contributed by atoms with van der Waals surface area (Å²) in [4.78, 5) is 15.6. The first-order valence-electron chi connectivity index (χ1n) is 9.33. The molecule has 0 saturated carbocycles. The molecule has 138 valence electrons. The fraction of sp³-hybridized carbons (Fsp3) is 0. The van der Waals surface area contributed by atoms with Crippen molar-refractivity contribution < 1.29 is 4.92 Å². The van der Waals surface area contributed by atoms with Gasteiger partial charge in [-0.15, -0.1) is 0 Å². The molecule has 0 N–H and O–H groups in total. The van der Waals surface area contributed by atoms with Crippen LogP contribution in [0.2, 0.25) is 0 Å². The molecule has 0 radical (unpaired) electrons. The first kappa shape index (κ1) is 17.1. The first-order chi connectivity index (χ1) is 14.2. The van der Waals surface area contributed by atoms with Crippen molar-refractivity contribution in [1.29, 1.82) is 0 Å². The molecular formula is C25H16N2O2. The summed E-state index contributed by atoms with van der Waals surface area (Å²) in [5, 5.41) is 14.4. The second kappa shape index (κ2) is 6.84. The molecule has 0 atom stereocenters. The summed E-state index contributed by atoms with van der Waals surface area (Å²) in [6.45, 7) is 0. The van der Waals surface area contributed by atoms with E-state index in [1.54, 1.807) is 12.1 Å². The van der Waals surface area contributed by atoms with Gasteiger partial charge in [-0.1, -0.05) is 60.7 Å². The average molecular weight is 376 g/mol. The van der Waals surface area contributed by atoms with Gasteiger partial charge in [-0.3, -0.25) is 10.1 Å². The standard InChI is InChI=1S/C25H16N2O2/c28-27(29)20-13-10-19(11-14-20)25-22(17-6-2-1-3-7-17)16-23-21-9-5-4-8-18(21)12-15-24(23)26-25/h1-16H. The number of pyridine rings is 1. The maximum Gasteiger partial charge on any atom is 0.269 e. The summed E-state index contributed by atoms with van der Waals surface area (Å²) in [5.74, 6) is 0. The van der Waals surface area contributed by atoms with Crippen molar-refractivity contribution in [3.63, 3.8) is 0 Å². The molecule has 0 aliphatic rings. The molecular weight excluding hydrogens is 360 g/mol. The van der Waals surface area contributed by atoms with Crippen molar-refractivity contribution in [1.82, 2.24) is 4.98 Å².